The third-order valence-electron chi connectivity index (χ3n) is 2.46. The number of aliphatic carboxylic acids is 1. The number of likely N-dealkylation sites (tertiary alicyclic amines) is 1. The van der Waals surface area contributed by atoms with E-state index >= 15 is 0 Å². The quantitative estimate of drug-likeness (QED) is 0.762. The average molecular weight is 236 g/mol. The molecule has 0 radical (unpaired) electrons. The number of amides is 2. The van der Waals surface area contributed by atoms with Crippen molar-refractivity contribution < 1.29 is 23.5 Å². The first kappa shape index (κ1) is 12.7. The van der Waals surface area contributed by atoms with Crippen molar-refractivity contribution >= 4 is 12.0 Å². The summed E-state index contributed by atoms with van der Waals surface area (Å²) in [5, 5.41) is 10.7. The van der Waals surface area contributed by atoms with Crippen LogP contribution in [0.5, 0.6) is 0 Å². The summed E-state index contributed by atoms with van der Waals surface area (Å²) in [5.41, 5.74) is 0. The smallest absolute Gasteiger partial charge is 0.317 e. The number of alkyl halides is 2. The van der Waals surface area contributed by atoms with E-state index in [0.717, 1.165) is 0 Å². The zero-order valence-corrected chi connectivity index (χ0v) is 8.66. The molecule has 0 saturated carbocycles. The Balaban J connectivity index is 2.44. The lowest BCUT2D eigenvalue weighted by Crippen LogP contribution is -2.44. The van der Waals surface area contributed by atoms with Crippen molar-refractivity contribution in [2.75, 3.05) is 13.1 Å². The Hall–Kier alpha value is -1.40. The minimum Gasteiger partial charge on any atom is -0.481 e. The first-order valence-electron chi connectivity index (χ1n) is 5.05. The highest BCUT2D eigenvalue weighted by Gasteiger charge is 2.30. The fourth-order valence-electron chi connectivity index (χ4n) is 1.78. The van der Waals surface area contributed by atoms with Crippen LogP contribution in [-0.2, 0) is 4.79 Å². The van der Waals surface area contributed by atoms with Crippen molar-refractivity contribution in [3.63, 3.8) is 0 Å². The van der Waals surface area contributed by atoms with Gasteiger partial charge < -0.3 is 15.3 Å². The lowest BCUT2D eigenvalue weighted by molar-refractivity contribution is -0.137. The molecule has 5 nitrogen and oxygen atoms in total. The first-order valence-corrected chi connectivity index (χ1v) is 5.05. The minimum atomic E-state index is -2.59. The molecule has 1 aliphatic rings. The van der Waals surface area contributed by atoms with Crippen LogP contribution in [0.3, 0.4) is 0 Å². The molecule has 0 aromatic rings. The first-order chi connectivity index (χ1) is 7.50. The fraction of sp³-hybridized carbons (Fsp3) is 0.778. The van der Waals surface area contributed by atoms with E-state index in [-0.39, 0.29) is 12.5 Å². The molecule has 0 bridgehead atoms. The number of hydrogen-bond acceptors (Lipinski definition) is 2. The van der Waals surface area contributed by atoms with Crippen LogP contribution in [0.4, 0.5) is 13.6 Å². The summed E-state index contributed by atoms with van der Waals surface area (Å²) in [6.45, 7) is -0.276. The van der Waals surface area contributed by atoms with E-state index in [9.17, 15) is 18.4 Å². The number of rotatable bonds is 4. The largest absolute Gasteiger partial charge is 0.481 e. The molecule has 1 unspecified atom stereocenters. The predicted octanol–water partition coefficient (Wildman–Crippen LogP) is 0.900. The minimum absolute atomic E-state index is 0.137. The van der Waals surface area contributed by atoms with Gasteiger partial charge >= 0.3 is 12.0 Å². The molecule has 1 atom stereocenters. The molecule has 92 valence electrons. The summed E-state index contributed by atoms with van der Waals surface area (Å²) in [6, 6.07) is -0.987. The van der Waals surface area contributed by atoms with Crippen molar-refractivity contribution in [3.8, 4) is 0 Å². The normalized spacial score (nSPS) is 20.2. The molecular weight excluding hydrogens is 222 g/mol. The van der Waals surface area contributed by atoms with Crippen LogP contribution < -0.4 is 5.32 Å². The lowest BCUT2D eigenvalue weighted by atomic mass is 10.1. The second-order valence-electron chi connectivity index (χ2n) is 3.66. The Morgan fingerprint density at radius 2 is 2.19 bits per heavy atom. The maximum Gasteiger partial charge on any atom is 0.317 e. The van der Waals surface area contributed by atoms with Gasteiger partial charge in [-0.15, -0.1) is 0 Å². The number of carboxylic acids is 1. The summed E-state index contributed by atoms with van der Waals surface area (Å²) < 4.78 is 23.7. The van der Waals surface area contributed by atoms with E-state index in [1.54, 1.807) is 0 Å². The Morgan fingerprint density at radius 3 is 2.75 bits per heavy atom. The zero-order chi connectivity index (χ0) is 12.1. The Kier molecular flexibility index (Phi) is 4.45. The molecule has 2 N–H and O–H groups in total. The number of carboxylic acid groups (broad SMARTS) is 1. The van der Waals surface area contributed by atoms with Gasteiger partial charge in [0.2, 0.25) is 0 Å². The van der Waals surface area contributed by atoms with Gasteiger partial charge in [-0.1, -0.05) is 0 Å². The van der Waals surface area contributed by atoms with Gasteiger partial charge in [-0.2, -0.15) is 0 Å². The third-order valence-corrected chi connectivity index (χ3v) is 2.46. The highest BCUT2D eigenvalue weighted by Crippen LogP contribution is 2.19. The molecular formula is C9H14F2N2O3. The van der Waals surface area contributed by atoms with E-state index < -0.39 is 25.0 Å². The van der Waals surface area contributed by atoms with Gasteiger partial charge in [-0.25, -0.2) is 13.6 Å². The maximum absolute atomic E-state index is 11.9. The Labute approximate surface area is 91.4 Å². The topological polar surface area (TPSA) is 69.6 Å². The van der Waals surface area contributed by atoms with Gasteiger partial charge in [-0.3, -0.25) is 4.79 Å². The molecule has 0 aromatic heterocycles. The average Bonchev–Trinajstić information content (AvgIpc) is 2.61. The van der Waals surface area contributed by atoms with Crippen molar-refractivity contribution in [1.29, 1.82) is 0 Å². The van der Waals surface area contributed by atoms with Gasteiger partial charge in [-0.05, 0) is 12.8 Å². The van der Waals surface area contributed by atoms with Crippen LogP contribution in [0.15, 0.2) is 0 Å². The molecule has 1 saturated heterocycles. The third kappa shape index (κ3) is 3.63. The molecule has 0 aromatic carbocycles. The zero-order valence-electron chi connectivity index (χ0n) is 8.66. The predicted molar refractivity (Wildman–Crippen MR) is 51.4 cm³/mol. The number of urea groups is 1. The van der Waals surface area contributed by atoms with E-state index in [0.29, 0.717) is 19.4 Å². The van der Waals surface area contributed by atoms with Crippen molar-refractivity contribution in [3.05, 3.63) is 0 Å². The van der Waals surface area contributed by atoms with Crippen molar-refractivity contribution in [1.82, 2.24) is 10.2 Å². The van der Waals surface area contributed by atoms with Gasteiger partial charge in [0, 0.05) is 12.6 Å². The molecule has 1 heterocycles. The van der Waals surface area contributed by atoms with Crippen LogP contribution in [0.2, 0.25) is 0 Å². The molecule has 7 heteroatoms. The highest BCUT2D eigenvalue weighted by molar-refractivity contribution is 5.76. The molecule has 0 spiro atoms. The highest BCUT2D eigenvalue weighted by atomic mass is 19.3. The van der Waals surface area contributed by atoms with Crippen LogP contribution in [0, 0.1) is 0 Å². The Bertz CT molecular complexity index is 273. The molecule has 2 amide bonds. The number of hydrogen-bond donors (Lipinski definition) is 2. The van der Waals surface area contributed by atoms with Crippen LogP contribution in [0.25, 0.3) is 0 Å². The number of nitrogens with zero attached hydrogens (tertiary/aromatic N) is 1. The number of carbonyl (C=O) groups excluding carboxylic acids is 1. The van der Waals surface area contributed by atoms with E-state index in [2.05, 4.69) is 5.32 Å². The second-order valence-corrected chi connectivity index (χ2v) is 3.66. The van der Waals surface area contributed by atoms with Gasteiger partial charge in [0.1, 0.15) is 0 Å². The van der Waals surface area contributed by atoms with Crippen LogP contribution in [0.1, 0.15) is 19.3 Å². The number of nitrogens with one attached hydrogen (secondary N) is 1. The molecule has 1 fully saturated rings. The molecule has 0 aliphatic carbocycles. The summed E-state index contributed by atoms with van der Waals surface area (Å²) in [6.07, 6.45) is -1.42. The second kappa shape index (κ2) is 5.62. The summed E-state index contributed by atoms with van der Waals surface area (Å²) in [4.78, 5) is 23.3. The number of halogens is 2. The van der Waals surface area contributed by atoms with E-state index in [4.69, 9.17) is 5.11 Å². The van der Waals surface area contributed by atoms with Crippen LogP contribution in [-0.4, -0.2) is 47.6 Å². The van der Waals surface area contributed by atoms with E-state index in [1.165, 1.54) is 4.90 Å². The van der Waals surface area contributed by atoms with Gasteiger partial charge in [0.05, 0.1) is 13.0 Å². The van der Waals surface area contributed by atoms with Gasteiger partial charge in [0.25, 0.3) is 6.43 Å². The summed E-state index contributed by atoms with van der Waals surface area (Å²) in [5.74, 6) is -0.987. The SMILES string of the molecule is O=C(O)CC1CCCN1C(=O)NCC(F)F. The maximum atomic E-state index is 11.9. The monoisotopic (exact) mass is 236 g/mol. The van der Waals surface area contributed by atoms with E-state index in [1.807, 2.05) is 0 Å². The number of carbonyl (C=O) groups is 2. The molecule has 16 heavy (non-hydrogen) atoms. The van der Waals surface area contributed by atoms with Crippen LogP contribution >= 0.6 is 0 Å². The van der Waals surface area contributed by atoms with Crippen molar-refractivity contribution in [2.45, 2.75) is 31.7 Å². The molecule has 1 rings (SSSR count). The van der Waals surface area contributed by atoms with Gasteiger partial charge in [0.15, 0.2) is 0 Å². The summed E-state index contributed by atoms with van der Waals surface area (Å²) in [7, 11) is 0. The standard InChI is InChI=1S/C9H14F2N2O3/c10-7(11)5-12-9(16)13-3-1-2-6(13)4-8(14)15/h6-7H,1-5H2,(H,12,16)(H,14,15). The molecule has 1 aliphatic heterocycles. The Morgan fingerprint density at radius 1 is 1.50 bits per heavy atom. The summed E-state index contributed by atoms with van der Waals surface area (Å²) >= 11 is 0. The fourth-order valence-corrected chi connectivity index (χ4v) is 1.78. The van der Waals surface area contributed by atoms with Crippen molar-refractivity contribution in [2.24, 2.45) is 0 Å². The lowest BCUT2D eigenvalue weighted by Gasteiger charge is -2.23.